The van der Waals surface area contributed by atoms with Gasteiger partial charge in [-0.2, -0.15) is 5.10 Å². The van der Waals surface area contributed by atoms with Crippen molar-refractivity contribution in [1.29, 1.82) is 0 Å². The molecule has 30 heavy (non-hydrogen) atoms. The summed E-state index contributed by atoms with van der Waals surface area (Å²) in [5.74, 6) is -0.108. The van der Waals surface area contributed by atoms with E-state index in [1.165, 1.54) is 5.56 Å². The number of carbonyl (C=O) groups is 1. The third kappa shape index (κ3) is 2.48. The lowest BCUT2D eigenvalue weighted by molar-refractivity contribution is 0.0928. The summed E-state index contributed by atoms with van der Waals surface area (Å²) in [7, 11) is 0. The first-order valence-corrected chi connectivity index (χ1v) is 10.1. The molecule has 7 heteroatoms. The first kappa shape index (κ1) is 17.3. The van der Waals surface area contributed by atoms with Crippen LogP contribution in [-0.4, -0.2) is 44.6 Å². The minimum atomic E-state index is -0.108. The molecule has 0 radical (unpaired) electrons. The van der Waals surface area contributed by atoms with Crippen LogP contribution in [0.5, 0.6) is 0 Å². The van der Waals surface area contributed by atoms with E-state index >= 15 is 0 Å². The Morgan fingerprint density at radius 2 is 2.07 bits per heavy atom. The smallest absolute Gasteiger partial charge is 0.251 e. The molecule has 2 aliphatic rings. The van der Waals surface area contributed by atoms with Gasteiger partial charge in [-0.1, -0.05) is 25.1 Å². The molecule has 7 nitrogen and oxygen atoms in total. The number of fused-ring (bicyclic) bond motifs is 9. The second-order valence-corrected chi connectivity index (χ2v) is 8.21. The van der Waals surface area contributed by atoms with Crippen LogP contribution in [0, 0.1) is 0 Å². The zero-order valence-electron chi connectivity index (χ0n) is 16.5. The Morgan fingerprint density at radius 1 is 1.13 bits per heavy atom. The fourth-order valence-electron chi connectivity index (χ4n) is 4.41. The van der Waals surface area contributed by atoms with Crippen molar-refractivity contribution in [1.82, 2.24) is 30.2 Å². The number of amides is 1. The Labute approximate surface area is 173 Å². The summed E-state index contributed by atoms with van der Waals surface area (Å²) in [6.45, 7) is 3.67. The zero-order chi connectivity index (χ0) is 20.3. The number of aromatic nitrogens is 4. The third-order valence-corrected chi connectivity index (χ3v) is 6.44. The van der Waals surface area contributed by atoms with E-state index in [1.54, 1.807) is 29.0 Å². The van der Waals surface area contributed by atoms with Crippen molar-refractivity contribution in [3.05, 3.63) is 72.2 Å². The molecule has 2 unspecified atom stereocenters. The quantitative estimate of drug-likeness (QED) is 0.477. The molecule has 0 spiro atoms. The summed E-state index contributed by atoms with van der Waals surface area (Å²) in [5.41, 5.74) is 5.90. The normalized spacial score (nSPS) is 22.6. The second-order valence-electron chi connectivity index (χ2n) is 8.21. The topological polar surface area (TPSA) is 84.2 Å². The maximum absolute atomic E-state index is 12.8. The van der Waals surface area contributed by atoms with Gasteiger partial charge in [-0.05, 0) is 29.8 Å². The summed E-state index contributed by atoms with van der Waals surface area (Å²) in [6, 6.07) is 14.2. The van der Waals surface area contributed by atoms with E-state index in [0.29, 0.717) is 23.4 Å². The molecule has 6 bridgehead atoms. The summed E-state index contributed by atoms with van der Waals surface area (Å²) in [5, 5.41) is 11.0. The van der Waals surface area contributed by atoms with E-state index in [-0.39, 0.29) is 17.4 Å². The van der Waals surface area contributed by atoms with Crippen molar-refractivity contribution in [3.63, 3.8) is 0 Å². The molecule has 1 amide bonds. The fraction of sp³-hybridized carbons (Fsp3) is 0.217. The van der Waals surface area contributed by atoms with Crippen LogP contribution >= 0.6 is 0 Å². The molecular formula is C23H20N6O. The fourth-order valence-corrected chi connectivity index (χ4v) is 4.41. The molecule has 0 aliphatic carbocycles. The highest BCUT2D eigenvalue weighted by Gasteiger charge is 2.44. The van der Waals surface area contributed by atoms with Gasteiger partial charge in [-0.3, -0.25) is 9.78 Å². The monoisotopic (exact) mass is 396 g/mol. The largest absolute Gasteiger partial charge is 0.350 e. The maximum atomic E-state index is 12.8. The van der Waals surface area contributed by atoms with Gasteiger partial charge >= 0.3 is 0 Å². The first-order valence-electron chi connectivity index (χ1n) is 10.1. The molecule has 5 heterocycles. The minimum absolute atomic E-state index is 0.0568. The second kappa shape index (κ2) is 6.21. The Balaban J connectivity index is 1.59. The van der Waals surface area contributed by atoms with Crippen LogP contribution in [0.3, 0.4) is 0 Å². The van der Waals surface area contributed by atoms with Crippen molar-refractivity contribution in [3.8, 4) is 22.5 Å². The van der Waals surface area contributed by atoms with Crippen LogP contribution < -0.4 is 10.6 Å². The molecule has 2 N–H and O–H groups in total. The van der Waals surface area contributed by atoms with Crippen molar-refractivity contribution >= 4 is 11.6 Å². The van der Waals surface area contributed by atoms with Crippen LogP contribution in [0.4, 0.5) is 0 Å². The molecule has 6 rings (SSSR count). The van der Waals surface area contributed by atoms with Crippen molar-refractivity contribution in [2.24, 2.45) is 0 Å². The van der Waals surface area contributed by atoms with Gasteiger partial charge in [0.15, 0.2) is 5.65 Å². The van der Waals surface area contributed by atoms with E-state index in [0.717, 1.165) is 23.4 Å². The number of carbonyl (C=O) groups excluding carboxylic acids is 1. The van der Waals surface area contributed by atoms with E-state index in [4.69, 9.17) is 4.98 Å². The van der Waals surface area contributed by atoms with Crippen LogP contribution in [-0.2, 0) is 5.41 Å². The molecule has 1 aromatic carbocycles. The van der Waals surface area contributed by atoms with Crippen molar-refractivity contribution in [2.45, 2.75) is 18.4 Å². The standard InChI is InChI=1S/C23H20N6O/c1-23-13-26-20(23)12-25-22(30)15-5-7-24-19(10-15)17-11-27-29-8-6-18(28-21(17)29)14-3-2-4-16(23)9-14/h2-11,20,26H,12-13H2,1H3,(H,25,30). The number of hydrogen-bond donors (Lipinski definition) is 2. The number of nitrogens with zero attached hydrogens (tertiary/aromatic N) is 4. The van der Waals surface area contributed by atoms with Gasteiger partial charge in [0.05, 0.1) is 23.1 Å². The number of benzene rings is 1. The van der Waals surface area contributed by atoms with Gasteiger partial charge in [-0.25, -0.2) is 9.50 Å². The first-order chi connectivity index (χ1) is 14.6. The molecule has 4 aromatic rings. The summed E-state index contributed by atoms with van der Waals surface area (Å²) >= 11 is 0. The SMILES string of the molecule is CC12CNC1CNC(=O)c1ccnc(c1)-c1cnn3ccc(nc13)-c1cccc2c1. The molecule has 0 saturated carbocycles. The predicted molar refractivity (Wildman–Crippen MR) is 113 cm³/mol. The summed E-state index contributed by atoms with van der Waals surface area (Å²) in [6.07, 6.45) is 5.32. The minimum Gasteiger partial charge on any atom is -0.350 e. The van der Waals surface area contributed by atoms with Gasteiger partial charge < -0.3 is 10.6 Å². The van der Waals surface area contributed by atoms with E-state index in [9.17, 15) is 4.79 Å². The Hall–Kier alpha value is -3.58. The van der Waals surface area contributed by atoms with Gasteiger partial charge in [0, 0.05) is 48.1 Å². The van der Waals surface area contributed by atoms with E-state index in [1.807, 2.05) is 12.3 Å². The average Bonchev–Trinajstić information content (AvgIpc) is 3.20. The van der Waals surface area contributed by atoms with E-state index in [2.05, 4.69) is 51.9 Å². The van der Waals surface area contributed by atoms with Crippen LogP contribution in [0.15, 0.2) is 61.1 Å². The number of pyridine rings is 1. The van der Waals surface area contributed by atoms with Crippen LogP contribution in [0.25, 0.3) is 28.2 Å². The third-order valence-electron chi connectivity index (χ3n) is 6.44. The Kier molecular flexibility index (Phi) is 3.58. The maximum Gasteiger partial charge on any atom is 0.251 e. The highest BCUT2D eigenvalue weighted by molar-refractivity contribution is 5.95. The molecule has 1 fully saturated rings. The van der Waals surface area contributed by atoms with Crippen molar-refractivity contribution < 1.29 is 4.79 Å². The van der Waals surface area contributed by atoms with E-state index < -0.39 is 0 Å². The van der Waals surface area contributed by atoms with Crippen molar-refractivity contribution in [2.75, 3.05) is 13.1 Å². The molecule has 1 saturated heterocycles. The van der Waals surface area contributed by atoms with Crippen LogP contribution in [0.1, 0.15) is 22.8 Å². The molecule has 3 aromatic heterocycles. The predicted octanol–water partition coefficient (Wildman–Crippen LogP) is 2.43. The lowest BCUT2D eigenvalue weighted by Crippen LogP contribution is -2.67. The Bertz CT molecular complexity index is 1310. The number of hydrogen-bond acceptors (Lipinski definition) is 5. The van der Waals surface area contributed by atoms with Gasteiger partial charge in [0.25, 0.3) is 5.91 Å². The molecule has 2 aliphatic heterocycles. The Morgan fingerprint density at radius 3 is 2.93 bits per heavy atom. The lowest BCUT2D eigenvalue weighted by atomic mass is 9.69. The molecular weight excluding hydrogens is 376 g/mol. The number of nitrogens with one attached hydrogen (secondary N) is 2. The zero-order valence-corrected chi connectivity index (χ0v) is 16.5. The molecule has 148 valence electrons. The average molecular weight is 396 g/mol. The highest BCUT2D eigenvalue weighted by Crippen LogP contribution is 2.35. The van der Waals surface area contributed by atoms with Gasteiger partial charge in [-0.15, -0.1) is 0 Å². The highest BCUT2D eigenvalue weighted by atomic mass is 16.1. The lowest BCUT2D eigenvalue weighted by Gasteiger charge is -2.49. The summed E-state index contributed by atoms with van der Waals surface area (Å²) in [4.78, 5) is 22.2. The molecule has 2 atom stereocenters. The number of rotatable bonds is 0. The van der Waals surface area contributed by atoms with Gasteiger partial charge in [0.2, 0.25) is 0 Å². The van der Waals surface area contributed by atoms with Crippen LogP contribution in [0.2, 0.25) is 0 Å². The summed E-state index contributed by atoms with van der Waals surface area (Å²) < 4.78 is 1.74. The van der Waals surface area contributed by atoms with Gasteiger partial charge in [0.1, 0.15) is 0 Å².